The zero-order valence-electron chi connectivity index (χ0n) is 11.3. The largest absolute Gasteiger partial charge is 0.496 e. The molecule has 1 aliphatic heterocycles. The monoisotopic (exact) mass is 248 g/mol. The smallest absolute Gasteiger partial charge is 0.122 e. The zero-order valence-corrected chi connectivity index (χ0v) is 11.3. The molecule has 0 spiro atoms. The number of methoxy groups -OCH3 is 1. The maximum absolute atomic E-state index is 5.38. The first-order valence-corrected chi connectivity index (χ1v) is 6.95. The van der Waals surface area contributed by atoms with Crippen LogP contribution >= 0.6 is 0 Å². The fraction of sp³-hybridized carbons (Fsp3) is 0.600. The molecule has 0 amide bonds. The van der Waals surface area contributed by atoms with Gasteiger partial charge >= 0.3 is 0 Å². The van der Waals surface area contributed by atoms with E-state index < -0.39 is 0 Å². The van der Waals surface area contributed by atoms with Crippen LogP contribution in [0, 0.1) is 0 Å². The second-order valence-corrected chi connectivity index (χ2v) is 4.86. The molecule has 1 saturated heterocycles. The van der Waals surface area contributed by atoms with Crippen LogP contribution in [0.25, 0.3) is 0 Å². The number of ether oxygens (including phenoxy) is 1. The predicted octanol–water partition coefficient (Wildman–Crippen LogP) is 1.92. The van der Waals surface area contributed by atoms with Crippen molar-refractivity contribution in [3.63, 3.8) is 0 Å². The molecule has 0 atom stereocenters. The number of hydrogen-bond donors (Lipinski definition) is 1. The number of benzene rings is 1. The average Bonchev–Trinajstić information content (AvgIpc) is 2.68. The Morgan fingerprint density at radius 1 is 1.22 bits per heavy atom. The summed E-state index contributed by atoms with van der Waals surface area (Å²) in [5, 5.41) is 3.44. The van der Waals surface area contributed by atoms with Gasteiger partial charge in [0, 0.05) is 13.1 Å². The highest BCUT2D eigenvalue weighted by molar-refractivity contribution is 5.33. The van der Waals surface area contributed by atoms with E-state index in [0.717, 1.165) is 18.7 Å². The Kier molecular flexibility index (Phi) is 5.49. The van der Waals surface area contributed by atoms with Crippen molar-refractivity contribution in [3.8, 4) is 5.75 Å². The molecule has 1 aliphatic rings. The molecule has 0 bridgehead atoms. The first kappa shape index (κ1) is 13.4. The lowest BCUT2D eigenvalue weighted by Gasteiger charge is -2.19. The van der Waals surface area contributed by atoms with Crippen LogP contribution in [0.3, 0.4) is 0 Å². The third-order valence-electron chi connectivity index (χ3n) is 3.55. The van der Waals surface area contributed by atoms with Gasteiger partial charge in [-0.2, -0.15) is 0 Å². The first-order chi connectivity index (χ1) is 8.90. The summed E-state index contributed by atoms with van der Waals surface area (Å²) >= 11 is 0. The lowest BCUT2D eigenvalue weighted by Crippen LogP contribution is -2.29. The molecule has 0 saturated carbocycles. The van der Waals surface area contributed by atoms with Gasteiger partial charge in [0.15, 0.2) is 0 Å². The van der Waals surface area contributed by atoms with Gasteiger partial charge in [0.2, 0.25) is 0 Å². The number of nitrogens with one attached hydrogen (secondary N) is 1. The lowest BCUT2D eigenvalue weighted by molar-refractivity contribution is 0.288. The summed E-state index contributed by atoms with van der Waals surface area (Å²) in [6.45, 7) is 5.92. The molecule has 1 aromatic rings. The fourth-order valence-corrected chi connectivity index (χ4v) is 2.53. The van der Waals surface area contributed by atoms with Gasteiger partial charge in [-0.1, -0.05) is 18.2 Å². The van der Waals surface area contributed by atoms with Crippen LogP contribution in [0.5, 0.6) is 5.75 Å². The van der Waals surface area contributed by atoms with E-state index in [1.165, 1.54) is 44.6 Å². The molecule has 0 radical (unpaired) electrons. The minimum Gasteiger partial charge on any atom is -0.496 e. The summed E-state index contributed by atoms with van der Waals surface area (Å²) in [5.41, 5.74) is 1.33. The second-order valence-electron chi connectivity index (χ2n) is 4.86. The van der Waals surface area contributed by atoms with Gasteiger partial charge in [-0.15, -0.1) is 0 Å². The van der Waals surface area contributed by atoms with Crippen molar-refractivity contribution >= 4 is 0 Å². The Balaban J connectivity index is 1.77. The Morgan fingerprint density at radius 2 is 2.11 bits per heavy atom. The second kappa shape index (κ2) is 7.39. The van der Waals surface area contributed by atoms with Gasteiger partial charge < -0.3 is 15.0 Å². The maximum atomic E-state index is 5.38. The van der Waals surface area contributed by atoms with Gasteiger partial charge in [0.1, 0.15) is 5.75 Å². The van der Waals surface area contributed by atoms with E-state index in [0.29, 0.717) is 0 Å². The van der Waals surface area contributed by atoms with Crippen molar-refractivity contribution in [1.82, 2.24) is 10.2 Å². The fourth-order valence-electron chi connectivity index (χ4n) is 2.53. The van der Waals surface area contributed by atoms with E-state index in [9.17, 15) is 0 Å². The van der Waals surface area contributed by atoms with Gasteiger partial charge in [0.25, 0.3) is 0 Å². The molecule has 0 unspecified atom stereocenters. The quantitative estimate of drug-likeness (QED) is 0.861. The summed E-state index contributed by atoms with van der Waals surface area (Å²) in [6.07, 6.45) is 3.59. The zero-order chi connectivity index (χ0) is 12.6. The van der Waals surface area contributed by atoms with Crippen molar-refractivity contribution in [2.75, 3.05) is 39.8 Å². The average molecular weight is 248 g/mol. The molecule has 1 heterocycles. The molecule has 3 heteroatoms. The summed E-state index contributed by atoms with van der Waals surface area (Å²) < 4.78 is 5.38. The van der Waals surface area contributed by atoms with E-state index in [1.807, 2.05) is 12.1 Å². The highest BCUT2D eigenvalue weighted by Gasteiger charge is 2.08. The molecule has 1 fully saturated rings. The van der Waals surface area contributed by atoms with E-state index in [1.54, 1.807) is 7.11 Å². The SMILES string of the molecule is COc1ccccc1CCCN1CCCNCC1. The van der Waals surface area contributed by atoms with Crippen LogP contribution in [-0.2, 0) is 6.42 Å². The summed E-state index contributed by atoms with van der Waals surface area (Å²) in [6, 6.07) is 8.34. The molecule has 3 nitrogen and oxygen atoms in total. The Labute approximate surface area is 110 Å². The standard InChI is InChI=1S/C15H24N2O/c1-18-15-8-3-2-6-14(15)7-4-11-17-12-5-9-16-10-13-17/h2-3,6,8,16H,4-5,7,9-13H2,1H3. The van der Waals surface area contributed by atoms with Crippen molar-refractivity contribution < 1.29 is 4.74 Å². The Bertz CT molecular complexity index is 346. The molecule has 1 N–H and O–H groups in total. The molecule has 0 aliphatic carbocycles. The molecule has 0 aromatic heterocycles. The summed E-state index contributed by atoms with van der Waals surface area (Å²) in [4.78, 5) is 2.56. The number of hydrogen-bond acceptors (Lipinski definition) is 3. The van der Waals surface area contributed by atoms with Gasteiger partial charge in [-0.3, -0.25) is 0 Å². The van der Waals surface area contributed by atoms with E-state index in [2.05, 4.69) is 22.3 Å². The van der Waals surface area contributed by atoms with Crippen LogP contribution in [0.1, 0.15) is 18.4 Å². The van der Waals surface area contributed by atoms with Crippen molar-refractivity contribution in [3.05, 3.63) is 29.8 Å². The number of para-hydroxylation sites is 1. The van der Waals surface area contributed by atoms with Crippen LogP contribution in [0.4, 0.5) is 0 Å². The molecular formula is C15H24N2O. The van der Waals surface area contributed by atoms with Crippen LogP contribution in [0.2, 0.25) is 0 Å². The molecular weight excluding hydrogens is 224 g/mol. The molecule has 1 aromatic carbocycles. The number of aryl methyl sites for hydroxylation is 1. The van der Waals surface area contributed by atoms with Crippen molar-refractivity contribution in [1.29, 1.82) is 0 Å². The summed E-state index contributed by atoms with van der Waals surface area (Å²) in [7, 11) is 1.75. The lowest BCUT2D eigenvalue weighted by atomic mass is 10.1. The Morgan fingerprint density at radius 3 is 3.00 bits per heavy atom. The van der Waals surface area contributed by atoms with Gasteiger partial charge in [-0.25, -0.2) is 0 Å². The predicted molar refractivity (Wildman–Crippen MR) is 75.2 cm³/mol. The van der Waals surface area contributed by atoms with Gasteiger partial charge in [0.05, 0.1) is 7.11 Å². The maximum Gasteiger partial charge on any atom is 0.122 e. The van der Waals surface area contributed by atoms with Crippen LogP contribution < -0.4 is 10.1 Å². The van der Waals surface area contributed by atoms with E-state index in [4.69, 9.17) is 4.74 Å². The third-order valence-corrected chi connectivity index (χ3v) is 3.55. The first-order valence-electron chi connectivity index (χ1n) is 6.95. The number of nitrogens with zero attached hydrogens (tertiary/aromatic N) is 1. The van der Waals surface area contributed by atoms with E-state index in [-0.39, 0.29) is 0 Å². The third kappa shape index (κ3) is 4.00. The topological polar surface area (TPSA) is 24.5 Å². The molecule has 100 valence electrons. The summed E-state index contributed by atoms with van der Waals surface area (Å²) in [5.74, 6) is 1.02. The van der Waals surface area contributed by atoms with Crippen LogP contribution in [0.15, 0.2) is 24.3 Å². The van der Waals surface area contributed by atoms with Gasteiger partial charge in [-0.05, 0) is 50.5 Å². The number of rotatable bonds is 5. The molecule has 2 rings (SSSR count). The van der Waals surface area contributed by atoms with Crippen molar-refractivity contribution in [2.24, 2.45) is 0 Å². The Hall–Kier alpha value is -1.06. The van der Waals surface area contributed by atoms with Crippen LogP contribution in [-0.4, -0.2) is 44.7 Å². The highest BCUT2D eigenvalue weighted by atomic mass is 16.5. The molecule has 18 heavy (non-hydrogen) atoms. The highest BCUT2D eigenvalue weighted by Crippen LogP contribution is 2.18. The van der Waals surface area contributed by atoms with Crippen molar-refractivity contribution in [2.45, 2.75) is 19.3 Å². The minimum atomic E-state index is 1.02. The normalized spacial score (nSPS) is 17.4. The van der Waals surface area contributed by atoms with E-state index >= 15 is 0 Å². The minimum absolute atomic E-state index is 1.02.